The molecule has 0 bridgehead atoms. The number of aromatic nitrogens is 3. The molecule has 8 heteroatoms. The molecule has 0 atom stereocenters. The Morgan fingerprint density at radius 2 is 2.20 bits per heavy atom. The smallest absolute Gasteiger partial charge is 0.358 e. The highest BCUT2D eigenvalue weighted by atomic mass is 16.5. The van der Waals surface area contributed by atoms with E-state index in [0.29, 0.717) is 11.3 Å². The summed E-state index contributed by atoms with van der Waals surface area (Å²) in [6.45, 7) is -0.257. The van der Waals surface area contributed by atoms with Crippen LogP contribution in [0.25, 0.3) is 11.3 Å². The molecule has 2 aromatic rings. The van der Waals surface area contributed by atoms with Gasteiger partial charge in [-0.25, -0.2) is 9.48 Å². The molecular formula is C12H12N4O4. The number of carbonyl (C=O) groups is 2. The van der Waals surface area contributed by atoms with Crippen molar-refractivity contribution in [1.29, 1.82) is 0 Å². The summed E-state index contributed by atoms with van der Waals surface area (Å²) in [5, 5.41) is 16.4. The highest BCUT2D eigenvalue weighted by Gasteiger charge is 2.21. The van der Waals surface area contributed by atoms with Gasteiger partial charge in [0.25, 0.3) is 0 Å². The van der Waals surface area contributed by atoms with Crippen molar-refractivity contribution in [1.82, 2.24) is 15.0 Å². The van der Waals surface area contributed by atoms with E-state index >= 15 is 0 Å². The maximum atomic E-state index is 11.2. The van der Waals surface area contributed by atoms with E-state index in [4.69, 9.17) is 15.6 Å². The number of carboxylic acids is 1. The van der Waals surface area contributed by atoms with E-state index in [2.05, 4.69) is 10.3 Å². The zero-order valence-electron chi connectivity index (χ0n) is 10.6. The van der Waals surface area contributed by atoms with E-state index in [1.807, 2.05) is 0 Å². The second-order valence-corrected chi connectivity index (χ2v) is 3.95. The van der Waals surface area contributed by atoms with E-state index in [-0.39, 0.29) is 17.9 Å². The van der Waals surface area contributed by atoms with Gasteiger partial charge in [0.05, 0.1) is 7.11 Å². The van der Waals surface area contributed by atoms with Crippen LogP contribution < -0.4 is 10.5 Å². The third-order valence-corrected chi connectivity index (χ3v) is 2.59. The number of methoxy groups -OCH3 is 1. The molecule has 20 heavy (non-hydrogen) atoms. The normalized spacial score (nSPS) is 10.2. The number of nitrogens with zero attached hydrogens (tertiary/aromatic N) is 3. The minimum atomic E-state index is -1.24. The summed E-state index contributed by atoms with van der Waals surface area (Å²) in [5.74, 6) is -1.33. The molecule has 0 aliphatic carbocycles. The van der Waals surface area contributed by atoms with Crippen LogP contribution in [0, 0.1) is 0 Å². The van der Waals surface area contributed by atoms with Gasteiger partial charge in [0.1, 0.15) is 18.0 Å². The van der Waals surface area contributed by atoms with Crippen molar-refractivity contribution in [2.24, 2.45) is 5.73 Å². The lowest BCUT2D eigenvalue weighted by molar-refractivity contribution is -0.118. The fraction of sp³-hybridized carbons (Fsp3) is 0.167. The minimum Gasteiger partial charge on any atom is -0.497 e. The summed E-state index contributed by atoms with van der Waals surface area (Å²) >= 11 is 0. The van der Waals surface area contributed by atoms with Crippen molar-refractivity contribution in [2.75, 3.05) is 7.11 Å². The molecular weight excluding hydrogens is 264 g/mol. The molecule has 3 N–H and O–H groups in total. The number of aromatic carboxylic acids is 1. The molecule has 0 unspecified atom stereocenters. The van der Waals surface area contributed by atoms with E-state index < -0.39 is 11.9 Å². The largest absolute Gasteiger partial charge is 0.497 e. The maximum absolute atomic E-state index is 11.2. The molecule has 1 aromatic carbocycles. The van der Waals surface area contributed by atoms with E-state index in [1.165, 1.54) is 7.11 Å². The Kier molecular flexibility index (Phi) is 3.65. The van der Waals surface area contributed by atoms with Crippen LogP contribution in [0.2, 0.25) is 0 Å². The minimum absolute atomic E-state index is 0.204. The van der Waals surface area contributed by atoms with Gasteiger partial charge in [-0.15, -0.1) is 5.10 Å². The molecule has 0 fully saturated rings. The SMILES string of the molecule is COc1cccc(-c2c(C(=O)O)nnn2CC(N)=O)c1. The summed E-state index contributed by atoms with van der Waals surface area (Å²) in [7, 11) is 1.50. The van der Waals surface area contributed by atoms with E-state index in [1.54, 1.807) is 24.3 Å². The van der Waals surface area contributed by atoms with Gasteiger partial charge in [0, 0.05) is 5.56 Å². The molecule has 1 amide bonds. The van der Waals surface area contributed by atoms with Gasteiger partial charge in [-0.1, -0.05) is 17.3 Å². The summed E-state index contributed by atoms with van der Waals surface area (Å²) in [6.07, 6.45) is 0. The van der Waals surface area contributed by atoms with Crippen LogP contribution in [0.4, 0.5) is 0 Å². The van der Waals surface area contributed by atoms with Crippen LogP contribution in [-0.4, -0.2) is 39.1 Å². The predicted octanol–water partition coefficient (Wildman–Crippen LogP) is 0.137. The van der Waals surface area contributed by atoms with Crippen LogP contribution in [0.1, 0.15) is 10.5 Å². The van der Waals surface area contributed by atoms with Crippen molar-refractivity contribution in [2.45, 2.75) is 6.54 Å². The Labute approximate surface area is 113 Å². The summed E-state index contributed by atoms with van der Waals surface area (Å²) in [4.78, 5) is 22.2. The molecule has 0 radical (unpaired) electrons. The molecule has 0 saturated heterocycles. The fourth-order valence-electron chi connectivity index (χ4n) is 1.77. The Balaban J connectivity index is 2.59. The number of hydrogen-bond acceptors (Lipinski definition) is 5. The van der Waals surface area contributed by atoms with Crippen molar-refractivity contribution in [3.05, 3.63) is 30.0 Å². The summed E-state index contributed by atoms with van der Waals surface area (Å²) in [6, 6.07) is 6.71. The number of nitrogens with two attached hydrogens (primary N) is 1. The fourth-order valence-corrected chi connectivity index (χ4v) is 1.77. The average Bonchev–Trinajstić information content (AvgIpc) is 2.81. The number of benzene rings is 1. The second kappa shape index (κ2) is 5.39. The molecule has 8 nitrogen and oxygen atoms in total. The molecule has 1 aromatic heterocycles. The first-order chi connectivity index (χ1) is 9.52. The van der Waals surface area contributed by atoms with Gasteiger partial charge >= 0.3 is 5.97 Å². The first kappa shape index (κ1) is 13.5. The van der Waals surface area contributed by atoms with Crippen LogP contribution in [0.15, 0.2) is 24.3 Å². The highest BCUT2D eigenvalue weighted by Crippen LogP contribution is 2.26. The Hall–Kier alpha value is -2.90. The predicted molar refractivity (Wildman–Crippen MR) is 68.2 cm³/mol. The first-order valence-electron chi connectivity index (χ1n) is 5.62. The first-order valence-corrected chi connectivity index (χ1v) is 5.62. The molecule has 0 saturated carbocycles. The zero-order chi connectivity index (χ0) is 14.7. The molecule has 2 rings (SSSR count). The number of carboxylic acid groups (broad SMARTS) is 1. The molecule has 104 valence electrons. The quantitative estimate of drug-likeness (QED) is 0.801. The van der Waals surface area contributed by atoms with Crippen molar-refractivity contribution in [3.8, 4) is 17.0 Å². The lowest BCUT2D eigenvalue weighted by atomic mass is 10.1. The van der Waals surface area contributed by atoms with Crippen molar-refractivity contribution < 1.29 is 19.4 Å². The van der Waals surface area contributed by atoms with E-state index in [0.717, 1.165) is 4.68 Å². The third-order valence-electron chi connectivity index (χ3n) is 2.59. The standard InChI is InChI=1S/C12H12N4O4/c1-20-8-4-2-3-7(5-8)11-10(12(18)19)14-15-16(11)6-9(13)17/h2-5H,6H2,1H3,(H2,13,17)(H,18,19). The maximum Gasteiger partial charge on any atom is 0.358 e. The second-order valence-electron chi connectivity index (χ2n) is 3.95. The van der Waals surface area contributed by atoms with Crippen molar-refractivity contribution >= 4 is 11.9 Å². The third kappa shape index (κ3) is 2.58. The van der Waals surface area contributed by atoms with E-state index in [9.17, 15) is 9.59 Å². The number of ether oxygens (including phenoxy) is 1. The van der Waals surface area contributed by atoms with Crippen LogP contribution in [0.5, 0.6) is 5.75 Å². The lowest BCUT2D eigenvalue weighted by Gasteiger charge is -2.07. The number of primary amides is 1. The van der Waals surface area contributed by atoms with Crippen LogP contribution in [-0.2, 0) is 11.3 Å². The number of hydrogen-bond donors (Lipinski definition) is 2. The molecule has 1 heterocycles. The van der Waals surface area contributed by atoms with Gasteiger partial charge in [0.2, 0.25) is 5.91 Å². The van der Waals surface area contributed by atoms with Gasteiger partial charge < -0.3 is 15.6 Å². The molecule has 0 aliphatic heterocycles. The Morgan fingerprint density at radius 3 is 2.80 bits per heavy atom. The van der Waals surface area contributed by atoms with Crippen molar-refractivity contribution in [3.63, 3.8) is 0 Å². The van der Waals surface area contributed by atoms with Crippen LogP contribution in [0.3, 0.4) is 0 Å². The Morgan fingerprint density at radius 1 is 1.45 bits per heavy atom. The zero-order valence-corrected chi connectivity index (χ0v) is 10.6. The number of carbonyl (C=O) groups excluding carboxylic acids is 1. The lowest BCUT2D eigenvalue weighted by Crippen LogP contribution is -2.20. The molecule has 0 aliphatic rings. The van der Waals surface area contributed by atoms with Gasteiger partial charge in [-0.3, -0.25) is 4.79 Å². The summed E-state index contributed by atoms with van der Waals surface area (Å²) < 4.78 is 6.24. The topological polar surface area (TPSA) is 120 Å². The van der Waals surface area contributed by atoms with Gasteiger partial charge in [0.15, 0.2) is 5.69 Å². The molecule has 0 spiro atoms. The van der Waals surface area contributed by atoms with Gasteiger partial charge in [-0.2, -0.15) is 0 Å². The average molecular weight is 276 g/mol. The Bertz CT molecular complexity index is 665. The van der Waals surface area contributed by atoms with Gasteiger partial charge in [-0.05, 0) is 12.1 Å². The number of rotatable bonds is 5. The monoisotopic (exact) mass is 276 g/mol. The summed E-state index contributed by atoms with van der Waals surface area (Å²) in [5.41, 5.74) is 5.59. The number of amides is 1. The highest BCUT2D eigenvalue weighted by molar-refractivity contribution is 5.93. The van der Waals surface area contributed by atoms with Crippen LogP contribution >= 0.6 is 0 Å².